The van der Waals surface area contributed by atoms with Gasteiger partial charge in [-0.15, -0.1) is 0 Å². The average molecular weight is 305 g/mol. The molecule has 1 N–H and O–H groups in total. The topological polar surface area (TPSA) is 62.4 Å². The molecule has 1 aliphatic heterocycles. The zero-order valence-corrected chi connectivity index (χ0v) is 13.6. The molecule has 5 heteroatoms. The fourth-order valence-electron chi connectivity index (χ4n) is 3.67. The van der Waals surface area contributed by atoms with E-state index in [1.807, 2.05) is 6.92 Å². The van der Waals surface area contributed by atoms with E-state index in [1.54, 1.807) is 5.57 Å². The largest absolute Gasteiger partial charge is 0.388 e. The van der Waals surface area contributed by atoms with Crippen LogP contribution in [-0.2, 0) is 6.42 Å². The summed E-state index contributed by atoms with van der Waals surface area (Å²) < 4.78 is 5.17. The van der Waals surface area contributed by atoms with Gasteiger partial charge >= 0.3 is 0 Å². The monoisotopic (exact) mass is 305 g/mol. The van der Waals surface area contributed by atoms with Gasteiger partial charge in [0.25, 0.3) is 0 Å². The zero-order chi connectivity index (χ0) is 15.4. The van der Waals surface area contributed by atoms with Crippen LogP contribution in [0.5, 0.6) is 0 Å². The smallest absolute Gasteiger partial charge is 0.229 e. The van der Waals surface area contributed by atoms with E-state index < -0.39 is 5.60 Å². The van der Waals surface area contributed by atoms with Crippen LogP contribution in [0.25, 0.3) is 0 Å². The third kappa shape index (κ3) is 4.17. The maximum absolute atomic E-state index is 10.9. The Balaban J connectivity index is 1.52. The van der Waals surface area contributed by atoms with Crippen LogP contribution >= 0.6 is 0 Å². The minimum Gasteiger partial charge on any atom is -0.388 e. The number of aliphatic hydroxyl groups is 1. The van der Waals surface area contributed by atoms with Crippen LogP contribution < -0.4 is 0 Å². The van der Waals surface area contributed by atoms with Crippen LogP contribution in [0.3, 0.4) is 0 Å². The van der Waals surface area contributed by atoms with Gasteiger partial charge in [0, 0.05) is 13.1 Å². The van der Waals surface area contributed by atoms with E-state index in [4.69, 9.17) is 4.52 Å². The molecule has 0 amide bonds. The number of aryl methyl sites for hydroxylation is 1. The highest BCUT2D eigenvalue weighted by Gasteiger charge is 2.35. The Morgan fingerprint density at radius 3 is 3.00 bits per heavy atom. The molecule has 1 unspecified atom stereocenters. The van der Waals surface area contributed by atoms with Gasteiger partial charge in [0.05, 0.1) is 12.0 Å². The number of hydrogen-bond acceptors (Lipinski definition) is 5. The molecule has 5 nitrogen and oxygen atoms in total. The molecule has 1 aromatic heterocycles. The first-order valence-corrected chi connectivity index (χ1v) is 8.55. The molecule has 122 valence electrons. The van der Waals surface area contributed by atoms with Crippen molar-refractivity contribution >= 4 is 0 Å². The number of rotatable bonds is 5. The molecule has 1 atom stereocenters. The highest BCUT2D eigenvalue weighted by Crippen LogP contribution is 2.26. The molecule has 0 bridgehead atoms. The van der Waals surface area contributed by atoms with Gasteiger partial charge in [0.1, 0.15) is 0 Å². The second-order valence-electron chi connectivity index (χ2n) is 6.87. The van der Waals surface area contributed by atoms with E-state index in [-0.39, 0.29) is 0 Å². The molecule has 0 saturated carbocycles. The molecule has 0 aromatic carbocycles. The van der Waals surface area contributed by atoms with E-state index in [0.717, 1.165) is 32.4 Å². The van der Waals surface area contributed by atoms with Gasteiger partial charge in [0.2, 0.25) is 5.89 Å². The van der Waals surface area contributed by atoms with Crippen LogP contribution in [0.1, 0.15) is 56.7 Å². The highest BCUT2D eigenvalue weighted by molar-refractivity contribution is 5.05. The quantitative estimate of drug-likeness (QED) is 0.847. The highest BCUT2D eigenvalue weighted by atomic mass is 16.5. The third-order valence-electron chi connectivity index (χ3n) is 4.82. The second kappa shape index (κ2) is 6.92. The Bertz CT molecular complexity index is 526. The fourth-order valence-corrected chi connectivity index (χ4v) is 3.67. The van der Waals surface area contributed by atoms with Crippen LogP contribution in [-0.4, -0.2) is 45.4 Å². The summed E-state index contributed by atoms with van der Waals surface area (Å²) in [5, 5.41) is 14.7. The summed E-state index contributed by atoms with van der Waals surface area (Å²) in [7, 11) is 0. The minimum atomic E-state index is -0.724. The maximum atomic E-state index is 10.9. The summed E-state index contributed by atoms with van der Waals surface area (Å²) in [5.74, 6) is 1.19. The molecular formula is C17H27N3O2. The summed E-state index contributed by atoms with van der Waals surface area (Å²) >= 11 is 0. The molecule has 0 radical (unpaired) electrons. The lowest BCUT2D eigenvalue weighted by Crippen LogP contribution is -2.49. The molecule has 0 spiro atoms. The van der Waals surface area contributed by atoms with E-state index in [1.165, 1.54) is 25.7 Å². The molecule has 22 heavy (non-hydrogen) atoms. The van der Waals surface area contributed by atoms with Gasteiger partial charge in [-0.05, 0) is 58.4 Å². The Hall–Kier alpha value is -1.20. The summed E-state index contributed by atoms with van der Waals surface area (Å²) in [5.41, 5.74) is 0.880. The molecule has 2 aliphatic rings. The standard InChI is InChI=1S/C17H27N3O2/c1-14-18-16(22-19-14)12-17(21)9-5-10-20(13-17)11-8-15-6-3-2-4-7-15/h6,21H,2-5,7-13H2,1H3. The lowest BCUT2D eigenvalue weighted by atomic mass is 9.89. The Morgan fingerprint density at radius 2 is 2.27 bits per heavy atom. The molecule has 1 saturated heterocycles. The van der Waals surface area contributed by atoms with Crippen molar-refractivity contribution < 1.29 is 9.63 Å². The number of β-amino-alcohol motifs (C(OH)–C–C–N with tert-alkyl or cyclic N) is 1. The Kier molecular flexibility index (Phi) is 4.93. The molecular weight excluding hydrogens is 278 g/mol. The van der Waals surface area contributed by atoms with Crippen molar-refractivity contribution in [1.82, 2.24) is 15.0 Å². The van der Waals surface area contributed by atoms with Gasteiger partial charge in [-0.3, -0.25) is 0 Å². The first kappa shape index (κ1) is 15.7. The molecule has 3 rings (SSSR count). The Labute approximate surface area is 132 Å². The number of piperidine rings is 1. The lowest BCUT2D eigenvalue weighted by molar-refractivity contribution is -0.0346. The fraction of sp³-hybridized carbons (Fsp3) is 0.765. The number of likely N-dealkylation sites (tertiary alicyclic amines) is 1. The van der Waals surface area contributed by atoms with Gasteiger partial charge < -0.3 is 14.5 Å². The van der Waals surface area contributed by atoms with Crippen LogP contribution in [0, 0.1) is 6.92 Å². The predicted molar refractivity (Wildman–Crippen MR) is 84.5 cm³/mol. The number of hydrogen-bond donors (Lipinski definition) is 1. The summed E-state index contributed by atoms with van der Waals surface area (Å²) in [6.45, 7) is 4.65. The van der Waals surface area contributed by atoms with Crippen molar-refractivity contribution in [3.05, 3.63) is 23.4 Å². The normalized spacial score (nSPS) is 26.9. The average Bonchev–Trinajstić information content (AvgIpc) is 2.91. The van der Waals surface area contributed by atoms with E-state index in [0.29, 0.717) is 24.7 Å². The summed E-state index contributed by atoms with van der Waals surface area (Å²) in [6.07, 6.45) is 11.1. The van der Waals surface area contributed by atoms with Crippen LogP contribution in [0.4, 0.5) is 0 Å². The lowest BCUT2D eigenvalue weighted by Gasteiger charge is -2.38. The van der Waals surface area contributed by atoms with E-state index in [9.17, 15) is 5.11 Å². The Morgan fingerprint density at radius 1 is 1.36 bits per heavy atom. The minimum absolute atomic E-state index is 0.465. The van der Waals surface area contributed by atoms with Gasteiger partial charge in [-0.2, -0.15) is 4.98 Å². The van der Waals surface area contributed by atoms with E-state index in [2.05, 4.69) is 21.1 Å². The molecule has 1 aromatic rings. The van der Waals surface area contributed by atoms with Crippen molar-refractivity contribution in [2.75, 3.05) is 19.6 Å². The maximum Gasteiger partial charge on any atom is 0.229 e. The third-order valence-corrected chi connectivity index (χ3v) is 4.82. The summed E-state index contributed by atoms with van der Waals surface area (Å²) in [6, 6.07) is 0. The molecule has 1 fully saturated rings. The number of allylic oxidation sites excluding steroid dienone is 1. The summed E-state index contributed by atoms with van der Waals surface area (Å²) in [4.78, 5) is 6.62. The van der Waals surface area contributed by atoms with Crippen molar-refractivity contribution in [3.8, 4) is 0 Å². The van der Waals surface area contributed by atoms with Crippen molar-refractivity contribution in [2.24, 2.45) is 0 Å². The number of nitrogens with zero attached hydrogens (tertiary/aromatic N) is 3. The van der Waals surface area contributed by atoms with Crippen molar-refractivity contribution in [2.45, 2.75) is 63.9 Å². The van der Waals surface area contributed by atoms with Crippen LogP contribution in [0.15, 0.2) is 16.2 Å². The molecule has 2 heterocycles. The first-order valence-electron chi connectivity index (χ1n) is 8.55. The van der Waals surface area contributed by atoms with E-state index >= 15 is 0 Å². The zero-order valence-electron chi connectivity index (χ0n) is 13.6. The second-order valence-corrected chi connectivity index (χ2v) is 6.87. The van der Waals surface area contributed by atoms with Crippen molar-refractivity contribution in [1.29, 1.82) is 0 Å². The molecule has 1 aliphatic carbocycles. The first-order chi connectivity index (χ1) is 10.6. The SMILES string of the molecule is Cc1noc(CC2(O)CCCN(CCC3=CCCCC3)C2)n1. The number of aromatic nitrogens is 2. The van der Waals surface area contributed by atoms with Crippen molar-refractivity contribution in [3.63, 3.8) is 0 Å². The van der Waals surface area contributed by atoms with Crippen LogP contribution in [0.2, 0.25) is 0 Å². The predicted octanol–water partition coefficient (Wildman–Crippen LogP) is 2.64. The van der Waals surface area contributed by atoms with Gasteiger partial charge in [-0.25, -0.2) is 0 Å². The van der Waals surface area contributed by atoms with Gasteiger partial charge in [-0.1, -0.05) is 16.8 Å². The van der Waals surface area contributed by atoms with Gasteiger partial charge in [0.15, 0.2) is 5.82 Å².